The van der Waals surface area contributed by atoms with Gasteiger partial charge in [0.25, 0.3) is 0 Å². The minimum absolute atomic E-state index is 0.333. The fraction of sp³-hybridized carbons (Fsp3) is 0.750. The van der Waals surface area contributed by atoms with Crippen LogP contribution in [0.3, 0.4) is 0 Å². The van der Waals surface area contributed by atoms with E-state index in [4.69, 9.17) is 0 Å². The molecule has 0 radical (unpaired) electrons. The maximum Gasteiger partial charge on any atom is 0.0930 e. The Kier molecular flexibility index (Phi) is 4.74. The van der Waals surface area contributed by atoms with Crippen LogP contribution in [0.4, 0.5) is 0 Å². The SMILES string of the molecule is CCNC(C)CC(C)(C)Cc1nccs1. The van der Waals surface area contributed by atoms with E-state index in [0.717, 1.165) is 13.0 Å². The first kappa shape index (κ1) is 12.7. The van der Waals surface area contributed by atoms with Gasteiger partial charge in [-0.1, -0.05) is 20.8 Å². The van der Waals surface area contributed by atoms with Gasteiger partial charge in [-0.05, 0) is 25.3 Å². The Morgan fingerprint density at radius 3 is 2.80 bits per heavy atom. The fourth-order valence-electron chi connectivity index (χ4n) is 2.07. The topological polar surface area (TPSA) is 24.9 Å². The van der Waals surface area contributed by atoms with Crippen LogP contribution >= 0.6 is 11.3 Å². The zero-order chi connectivity index (χ0) is 11.3. The first-order valence-electron chi connectivity index (χ1n) is 5.65. The lowest BCUT2D eigenvalue weighted by Crippen LogP contribution is -2.32. The van der Waals surface area contributed by atoms with Crippen molar-refractivity contribution in [2.75, 3.05) is 6.54 Å². The second-order valence-electron chi connectivity index (χ2n) is 4.93. The van der Waals surface area contributed by atoms with Gasteiger partial charge in [-0.3, -0.25) is 0 Å². The van der Waals surface area contributed by atoms with E-state index in [1.807, 2.05) is 6.20 Å². The summed E-state index contributed by atoms with van der Waals surface area (Å²) in [5.41, 5.74) is 0.333. The summed E-state index contributed by atoms with van der Waals surface area (Å²) in [4.78, 5) is 4.35. The van der Waals surface area contributed by atoms with Crippen molar-refractivity contribution in [1.82, 2.24) is 10.3 Å². The van der Waals surface area contributed by atoms with Gasteiger partial charge in [0, 0.05) is 24.0 Å². The van der Waals surface area contributed by atoms with Crippen molar-refractivity contribution < 1.29 is 0 Å². The zero-order valence-electron chi connectivity index (χ0n) is 10.2. The quantitative estimate of drug-likeness (QED) is 0.806. The first-order valence-corrected chi connectivity index (χ1v) is 6.53. The molecule has 1 heterocycles. The van der Waals surface area contributed by atoms with Crippen molar-refractivity contribution in [1.29, 1.82) is 0 Å². The molecular formula is C12H22N2S. The zero-order valence-corrected chi connectivity index (χ0v) is 11.0. The molecule has 0 aromatic carbocycles. The van der Waals surface area contributed by atoms with E-state index in [9.17, 15) is 0 Å². The van der Waals surface area contributed by atoms with Gasteiger partial charge in [0.15, 0.2) is 0 Å². The number of aromatic nitrogens is 1. The Bertz CT molecular complexity index is 267. The fourth-order valence-corrected chi connectivity index (χ4v) is 2.95. The molecule has 0 saturated heterocycles. The molecule has 0 bridgehead atoms. The van der Waals surface area contributed by atoms with Crippen molar-refractivity contribution in [2.45, 2.75) is 46.6 Å². The van der Waals surface area contributed by atoms with Crippen molar-refractivity contribution in [3.8, 4) is 0 Å². The molecule has 0 aliphatic carbocycles. The number of hydrogen-bond acceptors (Lipinski definition) is 3. The molecule has 3 heteroatoms. The van der Waals surface area contributed by atoms with Crippen molar-refractivity contribution in [2.24, 2.45) is 5.41 Å². The largest absolute Gasteiger partial charge is 0.315 e. The van der Waals surface area contributed by atoms with Gasteiger partial charge in [0.1, 0.15) is 0 Å². The molecule has 0 fully saturated rings. The molecule has 1 rings (SSSR count). The second-order valence-corrected chi connectivity index (χ2v) is 5.91. The van der Waals surface area contributed by atoms with E-state index in [1.54, 1.807) is 11.3 Å². The lowest BCUT2D eigenvalue weighted by atomic mass is 9.83. The molecule has 15 heavy (non-hydrogen) atoms. The summed E-state index contributed by atoms with van der Waals surface area (Å²) < 4.78 is 0. The Balaban J connectivity index is 2.44. The molecular weight excluding hydrogens is 204 g/mol. The summed E-state index contributed by atoms with van der Waals surface area (Å²) in [7, 11) is 0. The number of hydrogen-bond donors (Lipinski definition) is 1. The average molecular weight is 226 g/mol. The highest BCUT2D eigenvalue weighted by Crippen LogP contribution is 2.28. The average Bonchev–Trinajstić information content (AvgIpc) is 2.54. The molecule has 0 saturated carbocycles. The van der Waals surface area contributed by atoms with Gasteiger partial charge < -0.3 is 5.32 Å². The molecule has 1 N–H and O–H groups in total. The Morgan fingerprint density at radius 2 is 2.27 bits per heavy atom. The van der Waals surface area contributed by atoms with Crippen LogP contribution < -0.4 is 5.32 Å². The van der Waals surface area contributed by atoms with E-state index in [0.29, 0.717) is 11.5 Å². The smallest absolute Gasteiger partial charge is 0.0930 e. The highest BCUT2D eigenvalue weighted by molar-refractivity contribution is 7.09. The molecule has 1 aromatic heterocycles. The van der Waals surface area contributed by atoms with Crippen LogP contribution in [0, 0.1) is 5.41 Å². The molecule has 2 nitrogen and oxygen atoms in total. The summed E-state index contributed by atoms with van der Waals surface area (Å²) in [5, 5.41) is 6.77. The minimum Gasteiger partial charge on any atom is -0.315 e. The standard InChI is InChI=1S/C12H22N2S/c1-5-13-10(2)8-12(3,4)9-11-14-6-7-15-11/h6-7,10,13H,5,8-9H2,1-4H3. The highest BCUT2D eigenvalue weighted by atomic mass is 32.1. The van der Waals surface area contributed by atoms with Gasteiger partial charge in [-0.2, -0.15) is 0 Å². The number of thiazole rings is 1. The molecule has 1 unspecified atom stereocenters. The van der Waals surface area contributed by atoms with Crippen LogP contribution in [0.15, 0.2) is 11.6 Å². The molecule has 1 atom stereocenters. The minimum atomic E-state index is 0.333. The third-order valence-electron chi connectivity index (χ3n) is 2.52. The first-order chi connectivity index (χ1) is 7.03. The van der Waals surface area contributed by atoms with E-state index >= 15 is 0 Å². The van der Waals surface area contributed by atoms with Crippen LogP contribution in [-0.2, 0) is 6.42 Å². The number of nitrogens with one attached hydrogen (secondary N) is 1. The van der Waals surface area contributed by atoms with Gasteiger partial charge in [-0.15, -0.1) is 11.3 Å². The lowest BCUT2D eigenvalue weighted by Gasteiger charge is -2.27. The summed E-state index contributed by atoms with van der Waals surface area (Å²) >= 11 is 1.76. The van der Waals surface area contributed by atoms with Crippen LogP contribution in [0.25, 0.3) is 0 Å². The van der Waals surface area contributed by atoms with Crippen molar-refractivity contribution in [3.63, 3.8) is 0 Å². The van der Waals surface area contributed by atoms with E-state index in [1.165, 1.54) is 11.4 Å². The molecule has 0 spiro atoms. The van der Waals surface area contributed by atoms with Gasteiger partial charge in [-0.25, -0.2) is 4.98 Å². The Hall–Kier alpha value is -0.410. The number of rotatable bonds is 6. The molecule has 0 amide bonds. The van der Waals surface area contributed by atoms with E-state index < -0.39 is 0 Å². The Labute approximate surface area is 97.1 Å². The van der Waals surface area contributed by atoms with Crippen LogP contribution in [0.5, 0.6) is 0 Å². The van der Waals surface area contributed by atoms with E-state index in [2.05, 4.69) is 43.4 Å². The molecule has 1 aromatic rings. The summed E-state index contributed by atoms with van der Waals surface area (Å²) in [6.45, 7) is 10.1. The number of nitrogens with zero attached hydrogens (tertiary/aromatic N) is 1. The highest BCUT2D eigenvalue weighted by Gasteiger charge is 2.22. The van der Waals surface area contributed by atoms with Gasteiger partial charge >= 0.3 is 0 Å². The van der Waals surface area contributed by atoms with Crippen LogP contribution in [0.1, 0.15) is 39.1 Å². The maximum atomic E-state index is 4.35. The lowest BCUT2D eigenvalue weighted by molar-refractivity contribution is 0.288. The monoisotopic (exact) mass is 226 g/mol. The maximum absolute atomic E-state index is 4.35. The normalized spacial score (nSPS) is 14.1. The van der Waals surface area contributed by atoms with Gasteiger partial charge in [0.2, 0.25) is 0 Å². The van der Waals surface area contributed by atoms with Crippen molar-refractivity contribution >= 4 is 11.3 Å². The van der Waals surface area contributed by atoms with E-state index in [-0.39, 0.29) is 0 Å². The summed E-state index contributed by atoms with van der Waals surface area (Å²) in [6.07, 6.45) is 4.17. The molecule has 0 aliphatic heterocycles. The predicted molar refractivity (Wildman–Crippen MR) is 67.4 cm³/mol. The van der Waals surface area contributed by atoms with Crippen LogP contribution in [-0.4, -0.2) is 17.6 Å². The third-order valence-corrected chi connectivity index (χ3v) is 3.30. The van der Waals surface area contributed by atoms with Crippen molar-refractivity contribution in [3.05, 3.63) is 16.6 Å². The van der Waals surface area contributed by atoms with Crippen LogP contribution in [0.2, 0.25) is 0 Å². The molecule has 0 aliphatic rings. The summed E-state index contributed by atoms with van der Waals surface area (Å²) in [6, 6.07) is 0.588. The summed E-state index contributed by atoms with van der Waals surface area (Å²) in [5.74, 6) is 0. The Morgan fingerprint density at radius 1 is 1.53 bits per heavy atom. The predicted octanol–water partition coefficient (Wildman–Crippen LogP) is 3.10. The second kappa shape index (κ2) is 5.61. The molecule has 86 valence electrons. The van der Waals surface area contributed by atoms with Gasteiger partial charge in [0.05, 0.1) is 5.01 Å². The third kappa shape index (κ3) is 4.76.